The molecule has 1 N–H and O–H groups in total. The predicted octanol–water partition coefficient (Wildman–Crippen LogP) is 2.40. The second-order valence-electron chi connectivity index (χ2n) is 3.04. The maximum Gasteiger partial charge on any atom is 0.191 e. The standard InChI is InChI=1S/C9H10BrNOS2/c10-6-1-3-14-9(6)8(12)7-5-13-4-2-11-7/h1,3,7,11H,2,4-5H2. The SMILES string of the molecule is O=C(c1sccc1Br)C1CSCCN1. The van der Waals surface area contributed by atoms with Crippen molar-refractivity contribution in [1.29, 1.82) is 0 Å². The van der Waals surface area contributed by atoms with Gasteiger partial charge in [0, 0.05) is 22.5 Å². The molecule has 1 unspecified atom stereocenters. The van der Waals surface area contributed by atoms with E-state index >= 15 is 0 Å². The van der Waals surface area contributed by atoms with Gasteiger partial charge in [-0.05, 0) is 27.4 Å². The second-order valence-corrected chi connectivity index (χ2v) is 5.96. The molecule has 1 aliphatic heterocycles. The molecule has 0 saturated carbocycles. The Kier molecular flexibility index (Phi) is 3.65. The summed E-state index contributed by atoms with van der Waals surface area (Å²) in [5.74, 6) is 2.22. The van der Waals surface area contributed by atoms with E-state index in [1.165, 1.54) is 11.3 Å². The van der Waals surface area contributed by atoms with Crippen molar-refractivity contribution >= 4 is 44.8 Å². The maximum absolute atomic E-state index is 12.0. The molecule has 0 amide bonds. The Bertz CT molecular complexity index is 333. The molecule has 1 aromatic rings. The highest BCUT2D eigenvalue weighted by Gasteiger charge is 2.24. The molecule has 1 aromatic heterocycles. The molecular formula is C9H10BrNOS2. The average Bonchev–Trinajstić information content (AvgIpc) is 2.65. The number of hydrogen-bond donors (Lipinski definition) is 1. The Labute approximate surface area is 99.6 Å². The van der Waals surface area contributed by atoms with Crippen molar-refractivity contribution in [2.45, 2.75) is 6.04 Å². The van der Waals surface area contributed by atoms with Crippen molar-refractivity contribution in [1.82, 2.24) is 5.32 Å². The van der Waals surface area contributed by atoms with Gasteiger partial charge in [-0.15, -0.1) is 11.3 Å². The largest absolute Gasteiger partial charge is 0.306 e. The summed E-state index contributed by atoms with van der Waals surface area (Å²) in [6.45, 7) is 0.935. The van der Waals surface area contributed by atoms with Gasteiger partial charge in [0.15, 0.2) is 5.78 Å². The molecule has 0 bridgehead atoms. The Morgan fingerprint density at radius 3 is 3.07 bits per heavy atom. The first-order valence-corrected chi connectivity index (χ1v) is 7.20. The number of Topliss-reactive ketones (excluding diaryl/α,β-unsaturated/α-hetero) is 1. The van der Waals surface area contributed by atoms with Crippen LogP contribution in [0.5, 0.6) is 0 Å². The number of carbonyl (C=O) groups is 1. The van der Waals surface area contributed by atoms with Crippen LogP contribution in [0.25, 0.3) is 0 Å². The highest BCUT2D eigenvalue weighted by atomic mass is 79.9. The molecule has 1 aliphatic rings. The molecule has 2 rings (SSSR count). The normalized spacial score (nSPS) is 22.2. The number of thiophene rings is 1. The molecule has 0 aliphatic carbocycles. The lowest BCUT2D eigenvalue weighted by Gasteiger charge is -2.21. The van der Waals surface area contributed by atoms with Crippen molar-refractivity contribution in [2.24, 2.45) is 0 Å². The van der Waals surface area contributed by atoms with Gasteiger partial charge in [0.25, 0.3) is 0 Å². The van der Waals surface area contributed by atoms with E-state index in [1.54, 1.807) is 0 Å². The Hall–Kier alpha value is 0.160. The summed E-state index contributed by atoms with van der Waals surface area (Å²) in [6, 6.07) is 1.93. The van der Waals surface area contributed by atoms with Crippen LogP contribution in [-0.2, 0) is 0 Å². The number of halogens is 1. The molecule has 0 radical (unpaired) electrons. The average molecular weight is 292 g/mol. The fourth-order valence-corrected chi connectivity index (χ4v) is 3.86. The van der Waals surface area contributed by atoms with Gasteiger partial charge < -0.3 is 5.32 Å². The zero-order valence-electron chi connectivity index (χ0n) is 7.46. The van der Waals surface area contributed by atoms with Gasteiger partial charge in [-0.3, -0.25) is 4.79 Å². The van der Waals surface area contributed by atoms with E-state index in [9.17, 15) is 4.79 Å². The van der Waals surface area contributed by atoms with Gasteiger partial charge in [0.05, 0.1) is 10.9 Å². The van der Waals surface area contributed by atoms with Crippen LogP contribution in [0.1, 0.15) is 9.67 Å². The summed E-state index contributed by atoms with van der Waals surface area (Å²) >= 11 is 6.73. The van der Waals surface area contributed by atoms with Crippen molar-refractivity contribution in [3.63, 3.8) is 0 Å². The Morgan fingerprint density at radius 2 is 2.50 bits per heavy atom. The molecule has 0 aromatic carbocycles. The topological polar surface area (TPSA) is 29.1 Å². The van der Waals surface area contributed by atoms with E-state index in [0.29, 0.717) is 0 Å². The quantitative estimate of drug-likeness (QED) is 0.849. The predicted molar refractivity (Wildman–Crippen MR) is 65.5 cm³/mol. The smallest absolute Gasteiger partial charge is 0.191 e. The third kappa shape index (κ3) is 2.21. The number of carbonyl (C=O) groups excluding carboxylic acids is 1. The number of rotatable bonds is 2. The van der Waals surface area contributed by atoms with E-state index < -0.39 is 0 Å². The summed E-state index contributed by atoms with van der Waals surface area (Å²) in [5, 5.41) is 5.19. The van der Waals surface area contributed by atoms with Crippen LogP contribution in [-0.4, -0.2) is 29.9 Å². The van der Waals surface area contributed by atoms with Gasteiger partial charge >= 0.3 is 0 Å². The number of ketones is 1. The lowest BCUT2D eigenvalue weighted by Crippen LogP contribution is -2.43. The van der Waals surface area contributed by atoms with Crippen LogP contribution in [0.3, 0.4) is 0 Å². The van der Waals surface area contributed by atoms with Crippen molar-refractivity contribution in [3.8, 4) is 0 Å². The van der Waals surface area contributed by atoms with Crippen molar-refractivity contribution in [3.05, 3.63) is 20.8 Å². The Balaban J connectivity index is 2.11. The van der Waals surface area contributed by atoms with Gasteiger partial charge in [-0.25, -0.2) is 0 Å². The molecule has 1 saturated heterocycles. The van der Waals surface area contributed by atoms with E-state index in [2.05, 4.69) is 21.2 Å². The second kappa shape index (κ2) is 4.79. The first-order chi connectivity index (χ1) is 6.79. The third-order valence-corrected chi connectivity index (χ3v) is 4.99. The lowest BCUT2D eigenvalue weighted by atomic mass is 10.2. The van der Waals surface area contributed by atoms with Crippen molar-refractivity contribution in [2.75, 3.05) is 18.1 Å². The summed E-state index contributed by atoms with van der Waals surface area (Å²) in [5.41, 5.74) is 0. The highest BCUT2D eigenvalue weighted by Crippen LogP contribution is 2.25. The first kappa shape index (κ1) is 10.7. The number of nitrogens with one attached hydrogen (secondary N) is 1. The molecule has 1 atom stereocenters. The fourth-order valence-electron chi connectivity index (χ4n) is 1.36. The Morgan fingerprint density at radius 1 is 1.64 bits per heavy atom. The fraction of sp³-hybridized carbons (Fsp3) is 0.444. The minimum absolute atomic E-state index is 0.00343. The van der Waals surface area contributed by atoms with Crippen LogP contribution in [0.15, 0.2) is 15.9 Å². The van der Waals surface area contributed by atoms with Crippen LogP contribution in [0, 0.1) is 0 Å². The maximum atomic E-state index is 12.0. The summed E-state index contributed by atoms with van der Waals surface area (Å²) < 4.78 is 0.921. The van der Waals surface area contributed by atoms with E-state index in [1.807, 2.05) is 23.2 Å². The molecule has 2 nitrogen and oxygen atoms in total. The number of thioether (sulfide) groups is 1. The van der Waals surface area contributed by atoms with E-state index in [4.69, 9.17) is 0 Å². The molecule has 5 heteroatoms. The summed E-state index contributed by atoms with van der Waals surface area (Å²) in [6.07, 6.45) is 0. The molecule has 14 heavy (non-hydrogen) atoms. The zero-order chi connectivity index (χ0) is 9.97. The van der Waals surface area contributed by atoms with Crippen LogP contribution >= 0.6 is 39.0 Å². The van der Waals surface area contributed by atoms with E-state index in [-0.39, 0.29) is 11.8 Å². The zero-order valence-corrected chi connectivity index (χ0v) is 10.7. The summed E-state index contributed by atoms with van der Waals surface area (Å²) in [7, 11) is 0. The minimum atomic E-state index is 0.00343. The van der Waals surface area contributed by atoms with Crippen LogP contribution in [0.4, 0.5) is 0 Å². The van der Waals surface area contributed by atoms with Gasteiger partial charge in [-0.2, -0.15) is 11.8 Å². The van der Waals surface area contributed by atoms with Crippen LogP contribution in [0.2, 0.25) is 0 Å². The van der Waals surface area contributed by atoms with E-state index in [0.717, 1.165) is 27.4 Å². The minimum Gasteiger partial charge on any atom is -0.306 e. The summed E-state index contributed by atoms with van der Waals surface area (Å²) in [4.78, 5) is 12.8. The number of hydrogen-bond acceptors (Lipinski definition) is 4. The molecule has 1 fully saturated rings. The molecule has 76 valence electrons. The van der Waals surface area contributed by atoms with Gasteiger partial charge in [-0.1, -0.05) is 0 Å². The lowest BCUT2D eigenvalue weighted by molar-refractivity contribution is 0.0956. The molecule has 0 spiro atoms. The van der Waals surface area contributed by atoms with Crippen LogP contribution < -0.4 is 5.32 Å². The third-order valence-electron chi connectivity index (χ3n) is 2.08. The molecular weight excluding hydrogens is 282 g/mol. The molecule has 2 heterocycles. The highest BCUT2D eigenvalue weighted by molar-refractivity contribution is 9.10. The van der Waals surface area contributed by atoms with Gasteiger partial charge in [0.2, 0.25) is 0 Å². The monoisotopic (exact) mass is 291 g/mol. The van der Waals surface area contributed by atoms with Gasteiger partial charge in [0.1, 0.15) is 0 Å². The first-order valence-electron chi connectivity index (χ1n) is 4.37. The van der Waals surface area contributed by atoms with Crippen molar-refractivity contribution < 1.29 is 4.79 Å².